The summed E-state index contributed by atoms with van der Waals surface area (Å²) in [5.74, 6) is 0.490. The molecule has 0 saturated carbocycles. The van der Waals surface area contributed by atoms with Crippen LogP contribution in [0.1, 0.15) is 13.8 Å². The van der Waals surface area contributed by atoms with Gasteiger partial charge in [-0.25, -0.2) is 9.37 Å². The van der Waals surface area contributed by atoms with Crippen molar-refractivity contribution in [3.05, 3.63) is 59.6 Å². The highest BCUT2D eigenvalue weighted by Crippen LogP contribution is 2.26. The molecule has 0 aliphatic heterocycles. The van der Waals surface area contributed by atoms with Crippen molar-refractivity contribution < 1.29 is 4.39 Å². The van der Waals surface area contributed by atoms with Crippen LogP contribution in [0.15, 0.2) is 48.8 Å². The number of hydrogen-bond donors (Lipinski definition) is 2. The second-order valence-corrected chi connectivity index (χ2v) is 6.19. The Balaban J connectivity index is 2.01. The van der Waals surface area contributed by atoms with Gasteiger partial charge in [0.1, 0.15) is 11.6 Å². The average molecular weight is 358 g/mol. The number of rotatable bonds is 5. The summed E-state index contributed by atoms with van der Waals surface area (Å²) in [7, 11) is 0. The summed E-state index contributed by atoms with van der Waals surface area (Å²) in [6.45, 7) is 3.98. The second kappa shape index (κ2) is 7.44. The van der Waals surface area contributed by atoms with Crippen LogP contribution in [0.5, 0.6) is 0 Å². The molecular weight excluding hydrogens is 341 g/mol. The summed E-state index contributed by atoms with van der Waals surface area (Å²) < 4.78 is 14.0. The number of halogens is 2. The smallest absolute Gasteiger partial charge is 0.225 e. The summed E-state index contributed by atoms with van der Waals surface area (Å²) in [6, 6.07) is 9.94. The van der Waals surface area contributed by atoms with Gasteiger partial charge in [0.2, 0.25) is 5.95 Å². The fraction of sp³-hybridized carbons (Fsp3) is 0.167. The van der Waals surface area contributed by atoms with E-state index in [0.717, 1.165) is 5.56 Å². The van der Waals surface area contributed by atoms with E-state index in [0.29, 0.717) is 22.5 Å². The number of anilines is 3. The van der Waals surface area contributed by atoms with Crippen molar-refractivity contribution in [2.45, 2.75) is 19.9 Å². The van der Waals surface area contributed by atoms with Crippen molar-refractivity contribution in [1.29, 1.82) is 0 Å². The highest BCUT2D eigenvalue weighted by molar-refractivity contribution is 6.30. The lowest BCUT2D eigenvalue weighted by molar-refractivity contribution is 0.632. The molecule has 0 spiro atoms. The Morgan fingerprint density at radius 1 is 1.12 bits per heavy atom. The van der Waals surface area contributed by atoms with Crippen LogP contribution < -0.4 is 10.6 Å². The first kappa shape index (κ1) is 17.1. The molecule has 7 heteroatoms. The van der Waals surface area contributed by atoms with Gasteiger partial charge in [0.05, 0.1) is 11.4 Å². The summed E-state index contributed by atoms with van der Waals surface area (Å²) >= 11 is 5.95. The van der Waals surface area contributed by atoms with E-state index in [9.17, 15) is 4.39 Å². The molecule has 0 bridgehead atoms. The fourth-order valence-electron chi connectivity index (χ4n) is 2.23. The number of aromatic nitrogens is 3. The predicted molar refractivity (Wildman–Crippen MR) is 98.7 cm³/mol. The van der Waals surface area contributed by atoms with E-state index in [4.69, 9.17) is 11.6 Å². The zero-order valence-electron chi connectivity index (χ0n) is 13.8. The number of benzene rings is 1. The molecule has 0 atom stereocenters. The topological polar surface area (TPSA) is 62.7 Å². The highest BCUT2D eigenvalue weighted by Gasteiger charge is 2.10. The molecule has 5 nitrogen and oxygen atoms in total. The van der Waals surface area contributed by atoms with Crippen molar-refractivity contribution >= 4 is 29.1 Å². The van der Waals surface area contributed by atoms with E-state index >= 15 is 0 Å². The Morgan fingerprint density at radius 2 is 1.96 bits per heavy atom. The zero-order chi connectivity index (χ0) is 17.8. The predicted octanol–water partition coefficient (Wildman–Crippen LogP) is 4.90. The lowest BCUT2D eigenvalue weighted by Gasteiger charge is -2.13. The van der Waals surface area contributed by atoms with Crippen LogP contribution in [0.25, 0.3) is 11.3 Å². The van der Waals surface area contributed by atoms with E-state index in [1.54, 1.807) is 18.5 Å². The van der Waals surface area contributed by atoms with Crippen molar-refractivity contribution in [2.24, 2.45) is 0 Å². The van der Waals surface area contributed by atoms with Gasteiger partial charge in [0.25, 0.3) is 0 Å². The Morgan fingerprint density at radius 3 is 2.68 bits per heavy atom. The monoisotopic (exact) mass is 357 g/mol. The largest absolute Gasteiger partial charge is 0.352 e. The summed E-state index contributed by atoms with van der Waals surface area (Å²) in [6.07, 6.45) is 3.41. The van der Waals surface area contributed by atoms with Crippen LogP contribution in [0.3, 0.4) is 0 Å². The molecule has 1 aromatic carbocycles. The van der Waals surface area contributed by atoms with Gasteiger partial charge in [-0.2, -0.15) is 4.98 Å². The molecule has 3 aromatic rings. The molecular formula is C18H17ClFN5. The van der Waals surface area contributed by atoms with Crippen LogP contribution in [0, 0.1) is 5.82 Å². The molecule has 128 valence electrons. The zero-order valence-corrected chi connectivity index (χ0v) is 14.5. The molecule has 3 rings (SSSR count). The lowest BCUT2D eigenvalue weighted by Crippen LogP contribution is -2.13. The molecule has 0 radical (unpaired) electrons. The minimum absolute atomic E-state index is 0.153. The van der Waals surface area contributed by atoms with Crippen molar-refractivity contribution in [1.82, 2.24) is 15.0 Å². The number of nitrogens with zero attached hydrogens (tertiary/aromatic N) is 3. The van der Waals surface area contributed by atoms with Gasteiger partial charge in [0.15, 0.2) is 0 Å². The molecule has 0 aliphatic carbocycles. The van der Waals surface area contributed by atoms with Gasteiger partial charge >= 0.3 is 0 Å². The van der Waals surface area contributed by atoms with E-state index in [2.05, 4.69) is 25.6 Å². The average Bonchev–Trinajstić information content (AvgIpc) is 2.58. The molecule has 0 amide bonds. The van der Waals surface area contributed by atoms with Gasteiger partial charge in [-0.3, -0.25) is 4.98 Å². The molecule has 0 fully saturated rings. The SMILES string of the molecule is CC(C)Nc1nc(Nc2cc(Cl)ccc2F)cc(-c2cccnc2)n1. The molecule has 0 saturated heterocycles. The fourth-order valence-corrected chi connectivity index (χ4v) is 2.40. The Bertz CT molecular complexity index is 871. The molecule has 25 heavy (non-hydrogen) atoms. The number of nitrogens with one attached hydrogen (secondary N) is 2. The Hall–Kier alpha value is -2.73. The quantitative estimate of drug-likeness (QED) is 0.680. The van der Waals surface area contributed by atoms with Gasteiger partial charge in [0, 0.05) is 35.1 Å². The van der Waals surface area contributed by atoms with Crippen molar-refractivity contribution in [3.63, 3.8) is 0 Å². The minimum Gasteiger partial charge on any atom is -0.352 e. The van der Waals surface area contributed by atoms with Gasteiger partial charge in [-0.15, -0.1) is 0 Å². The van der Waals surface area contributed by atoms with Crippen LogP contribution >= 0.6 is 11.6 Å². The summed E-state index contributed by atoms with van der Waals surface area (Å²) in [5, 5.41) is 6.57. The van der Waals surface area contributed by atoms with Gasteiger partial charge in [-0.05, 0) is 44.2 Å². The molecule has 0 unspecified atom stereocenters. The first-order valence-electron chi connectivity index (χ1n) is 7.79. The van der Waals surface area contributed by atoms with E-state index in [1.165, 1.54) is 18.2 Å². The minimum atomic E-state index is -0.413. The maximum atomic E-state index is 14.0. The second-order valence-electron chi connectivity index (χ2n) is 5.75. The van der Waals surface area contributed by atoms with Crippen LogP contribution in [-0.4, -0.2) is 21.0 Å². The third kappa shape index (κ3) is 4.42. The van der Waals surface area contributed by atoms with E-state index < -0.39 is 5.82 Å². The molecule has 2 N–H and O–H groups in total. The van der Waals surface area contributed by atoms with Crippen LogP contribution in [0.4, 0.5) is 21.8 Å². The Kier molecular flexibility index (Phi) is 5.09. The third-order valence-corrected chi connectivity index (χ3v) is 3.53. The summed E-state index contributed by atoms with van der Waals surface area (Å²) in [4.78, 5) is 13.0. The van der Waals surface area contributed by atoms with E-state index in [-0.39, 0.29) is 11.7 Å². The van der Waals surface area contributed by atoms with Crippen LogP contribution in [0.2, 0.25) is 5.02 Å². The normalized spacial score (nSPS) is 10.8. The summed E-state index contributed by atoms with van der Waals surface area (Å²) in [5.41, 5.74) is 1.77. The third-order valence-electron chi connectivity index (χ3n) is 3.29. The maximum Gasteiger partial charge on any atom is 0.225 e. The van der Waals surface area contributed by atoms with Gasteiger partial charge < -0.3 is 10.6 Å². The molecule has 2 aromatic heterocycles. The first-order valence-corrected chi connectivity index (χ1v) is 8.17. The Labute approximate surface area is 150 Å². The van der Waals surface area contributed by atoms with Crippen LogP contribution in [-0.2, 0) is 0 Å². The highest BCUT2D eigenvalue weighted by atomic mass is 35.5. The molecule has 0 aliphatic rings. The first-order chi connectivity index (χ1) is 12.0. The van der Waals surface area contributed by atoms with Crippen molar-refractivity contribution in [3.8, 4) is 11.3 Å². The standard InChI is InChI=1S/C18H17ClFN5/c1-11(2)22-18-24-15(12-4-3-7-21-10-12)9-17(25-18)23-16-8-13(19)5-6-14(16)20/h3-11H,1-2H3,(H2,22,23,24,25). The number of pyridine rings is 1. The molecule has 2 heterocycles. The lowest BCUT2D eigenvalue weighted by atomic mass is 10.2. The van der Waals surface area contributed by atoms with Gasteiger partial charge in [-0.1, -0.05) is 11.6 Å². The van der Waals surface area contributed by atoms with Crippen molar-refractivity contribution in [2.75, 3.05) is 10.6 Å². The number of hydrogen-bond acceptors (Lipinski definition) is 5. The van der Waals surface area contributed by atoms with E-state index in [1.807, 2.05) is 26.0 Å². The maximum absolute atomic E-state index is 14.0.